The molecule has 138 valence electrons. The zero-order valence-electron chi connectivity index (χ0n) is 14.9. The van der Waals surface area contributed by atoms with Gasteiger partial charge in [-0.25, -0.2) is 4.98 Å². The summed E-state index contributed by atoms with van der Waals surface area (Å²) in [5, 5.41) is 5.20. The number of carbonyl (C=O) groups excluding carboxylic acids is 1. The van der Waals surface area contributed by atoms with Gasteiger partial charge in [-0.05, 0) is 31.2 Å². The molecule has 0 spiro atoms. The van der Waals surface area contributed by atoms with Crippen molar-refractivity contribution in [2.24, 2.45) is 0 Å². The first-order valence-electron chi connectivity index (χ1n) is 8.44. The highest BCUT2D eigenvalue weighted by molar-refractivity contribution is 7.14. The third-order valence-corrected chi connectivity index (χ3v) is 4.92. The van der Waals surface area contributed by atoms with Crippen molar-refractivity contribution < 1.29 is 19.0 Å². The van der Waals surface area contributed by atoms with Crippen molar-refractivity contribution in [1.82, 2.24) is 4.98 Å². The summed E-state index contributed by atoms with van der Waals surface area (Å²) >= 11 is 1.35. The van der Waals surface area contributed by atoms with Crippen LogP contribution in [0.1, 0.15) is 5.56 Å². The van der Waals surface area contributed by atoms with Crippen LogP contribution in [-0.4, -0.2) is 30.7 Å². The van der Waals surface area contributed by atoms with Crippen molar-refractivity contribution in [3.8, 4) is 28.5 Å². The largest absolute Gasteiger partial charge is 0.496 e. The Labute approximate surface area is 160 Å². The van der Waals surface area contributed by atoms with E-state index in [1.54, 1.807) is 13.2 Å². The van der Waals surface area contributed by atoms with Gasteiger partial charge in [0.05, 0.1) is 12.8 Å². The quantitative estimate of drug-likeness (QED) is 0.741. The van der Waals surface area contributed by atoms with Crippen LogP contribution in [0.25, 0.3) is 11.3 Å². The monoisotopic (exact) mass is 382 g/mol. The lowest BCUT2D eigenvalue weighted by atomic mass is 10.1. The highest BCUT2D eigenvalue weighted by Gasteiger charge is 2.28. The highest BCUT2D eigenvalue weighted by atomic mass is 32.1. The summed E-state index contributed by atoms with van der Waals surface area (Å²) in [6, 6.07) is 13.2. The van der Waals surface area contributed by atoms with Crippen molar-refractivity contribution in [3.05, 3.63) is 53.4 Å². The third-order valence-electron chi connectivity index (χ3n) is 4.17. The third kappa shape index (κ3) is 3.59. The van der Waals surface area contributed by atoms with Gasteiger partial charge in [0.1, 0.15) is 12.4 Å². The molecule has 0 bridgehead atoms. The number of nitrogens with zero attached hydrogens (tertiary/aromatic N) is 1. The summed E-state index contributed by atoms with van der Waals surface area (Å²) in [5.74, 6) is 1.66. The van der Waals surface area contributed by atoms with E-state index in [0.717, 1.165) is 22.6 Å². The Morgan fingerprint density at radius 1 is 1.26 bits per heavy atom. The molecule has 1 aromatic heterocycles. The number of amides is 1. The maximum Gasteiger partial charge on any atom is 0.270 e. The smallest absolute Gasteiger partial charge is 0.270 e. The molecular formula is C20H18N2O4S. The molecule has 0 radical (unpaired) electrons. The normalized spacial score (nSPS) is 15.3. The number of hydrogen-bond donors (Lipinski definition) is 1. The van der Waals surface area contributed by atoms with Crippen LogP contribution in [0.15, 0.2) is 47.8 Å². The first-order valence-corrected chi connectivity index (χ1v) is 9.32. The predicted molar refractivity (Wildman–Crippen MR) is 104 cm³/mol. The van der Waals surface area contributed by atoms with E-state index in [1.165, 1.54) is 11.3 Å². The van der Waals surface area contributed by atoms with E-state index in [9.17, 15) is 4.79 Å². The fourth-order valence-corrected chi connectivity index (χ4v) is 3.52. The maximum absolute atomic E-state index is 12.5. The Hall–Kier alpha value is -3.06. The Morgan fingerprint density at radius 3 is 2.89 bits per heavy atom. The zero-order valence-corrected chi connectivity index (χ0v) is 15.7. The van der Waals surface area contributed by atoms with Crippen LogP contribution in [0.5, 0.6) is 17.2 Å². The molecule has 0 fully saturated rings. The average Bonchev–Trinajstić information content (AvgIpc) is 3.16. The van der Waals surface area contributed by atoms with Gasteiger partial charge in [0.25, 0.3) is 5.91 Å². The molecule has 0 saturated heterocycles. The van der Waals surface area contributed by atoms with Gasteiger partial charge in [-0.3, -0.25) is 10.1 Å². The first-order chi connectivity index (χ1) is 13.1. The molecule has 0 unspecified atom stereocenters. The van der Waals surface area contributed by atoms with E-state index >= 15 is 0 Å². The van der Waals surface area contributed by atoms with Gasteiger partial charge in [-0.2, -0.15) is 0 Å². The Bertz CT molecular complexity index is 986. The maximum atomic E-state index is 12.5. The van der Waals surface area contributed by atoms with Crippen molar-refractivity contribution in [1.29, 1.82) is 0 Å². The lowest BCUT2D eigenvalue weighted by molar-refractivity contribution is -0.125. The standard InChI is InChI=1S/C20H18N2O4S/c1-12-7-8-15(24-2)13(9-12)14-11-27-20(21-14)22-19(23)18-10-25-16-5-3-4-6-17(16)26-18/h3-9,11,18H,10H2,1-2H3,(H,21,22,23)/t18-/m0/s1. The minimum absolute atomic E-state index is 0.160. The first kappa shape index (κ1) is 17.4. The molecular weight excluding hydrogens is 364 g/mol. The van der Waals surface area contributed by atoms with Crippen LogP contribution in [0.4, 0.5) is 5.13 Å². The molecule has 6 nitrogen and oxygen atoms in total. The average molecular weight is 382 g/mol. The Morgan fingerprint density at radius 2 is 2.07 bits per heavy atom. The van der Waals surface area contributed by atoms with Crippen LogP contribution in [0.3, 0.4) is 0 Å². The topological polar surface area (TPSA) is 69.7 Å². The minimum atomic E-state index is -0.722. The van der Waals surface area contributed by atoms with Gasteiger partial charge >= 0.3 is 0 Å². The summed E-state index contributed by atoms with van der Waals surface area (Å²) in [7, 11) is 1.63. The van der Waals surface area contributed by atoms with Crippen molar-refractivity contribution in [2.45, 2.75) is 13.0 Å². The second-order valence-corrected chi connectivity index (χ2v) is 6.95. The number of methoxy groups -OCH3 is 1. The number of ether oxygens (including phenoxy) is 3. The van der Waals surface area contributed by atoms with Gasteiger partial charge in [-0.1, -0.05) is 23.8 Å². The number of fused-ring (bicyclic) bond motifs is 1. The minimum Gasteiger partial charge on any atom is -0.496 e. The fourth-order valence-electron chi connectivity index (χ4n) is 2.81. The highest BCUT2D eigenvalue weighted by Crippen LogP contribution is 2.34. The summed E-state index contributed by atoms with van der Waals surface area (Å²) in [6.45, 7) is 2.17. The molecule has 7 heteroatoms. The summed E-state index contributed by atoms with van der Waals surface area (Å²) in [5.41, 5.74) is 2.75. The van der Waals surface area contributed by atoms with E-state index in [1.807, 2.05) is 48.7 Å². The molecule has 1 N–H and O–H groups in total. The Balaban J connectivity index is 1.49. The summed E-state index contributed by atoms with van der Waals surface area (Å²) < 4.78 is 16.7. The van der Waals surface area contributed by atoms with Crippen LogP contribution in [0, 0.1) is 6.92 Å². The molecule has 1 aliphatic heterocycles. The molecule has 1 aliphatic rings. The van der Waals surface area contributed by atoms with E-state index in [4.69, 9.17) is 14.2 Å². The number of nitrogens with one attached hydrogen (secondary N) is 1. The molecule has 2 aromatic carbocycles. The molecule has 4 rings (SSSR count). The van der Waals surface area contributed by atoms with Crippen LogP contribution in [0.2, 0.25) is 0 Å². The van der Waals surface area contributed by atoms with Crippen LogP contribution in [-0.2, 0) is 4.79 Å². The molecule has 3 aromatic rings. The number of carbonyl (C=O) groups is 1. The van der Waals surface area contributed by atoms with E-state index in [0.29, 0.717) is 16.6 Å². The van der Waals surface area contributed by atoms with Gasteiger partial charge in [0.15, 0.2) is 16.6 Å². The van der Waals surface area contributed by atoms with E-state index in [-0.39, 0.29) is 12.5 Å². The zero-order chi connectivity index (χ0) is 18.8. The second kappa shape index (κ2) is 7.28. The number of aromatic nitrogens is 1. The van der Waals surface area contributed by atoms with Gasteiger partial charge in [0, 0.05) is 10.9 Å². The number of hydrogen-bond acceptors (Lipinski definition) is 6. The summed E-state index contributed by atoms with van der Waals surface area (Å²) in [4.78, 5) is 17.0. The second-order valence-electron chi connectivity index (χ2n) is 6.10. The number of aryl methyl sites for hydroxylation is 1. The van der Waals surface area contributed by atoms with Crippen molar-refractivity contribution in [2.75, 3.05) is 19.0 Å². The molecule has 0 aliphatic carbocycles. The van der Waals surface area contributed by atoms with Gasteiger partial charge < -0.3 is 14.2 Å². The van der Waals surface area contributed by atoms with Crippen molar-refractivity contribution in [3.63, 3.8) is 0 Å². The molecule has 2 heterocycles. The fraction of sp³-hybridized carbons (Fsp3) is 0.200. The van der Waals surface area contributed by atoms with Gasteiger partial charge in [-0.15, -0.1) is 11.3 Å². The molecule has 1 amide bonds. The number of para-hydroxylation sites is 2. The molecule has 27 heavy (non-hydrogen) atoms. The number of rotatable bonds is 4. The SMILES string of the molecule is COc1ccc(C)cc1-c1csc(NC(=O)[C@@H]2COc3ccccc3O2)n1. The summed E-state index contributed by atoms with van der Waals surface area (Å²) in [6.07, 6.45) is -0.722. The van der Waals surface area contributed by atoms with Crippen molar-refractivity contribution >= 4 is 22.4 Å². The number of benzene rings is 2. The number of thiazole rings is 1. The molecule has 0 saturated carbocycles. The van der Waals surface area contributed by atoms with E-state index < -0.39 is 6.10 Å². The van der Waals surface area contributed by atoms with Gasteiger partial charge in [0.2, 0.25) is 6.10 Å². The van der Waals surface area contributed by atoms with E-state index in [2.05, 4.69) is 10.3 Å². The van der Waals surface area contributed by atoms with Crippen LogP contribution >= 0.6 is 11.3 Å². The van der Waals surface area contributed by atoms with Crippen LogP contribution < -0.4 is 19.5 Å². The Kier molecular flexibility index (Phi) is 4.68. The number of anilines is 1. The predicted octanol–water partition coefficient (Wildman–Crippen LogP) is 3.91. The lowest BCUT2D eigenvalue weighted by Crippen LogP contribution is -2.40. The lowest BCUT2D eigenvalue weighted by Gasteiger charge is -2.25. The molecule has 1 atom stereocenters.